The van der Waals surface area contributed by atoms with Gasteiger partial charge in [-0.15, -0.1) is 0 Å². The number of rotatable bonds is 4. The van der Waals surface area contributed by atoms with Crippen molar-refractivity contribution in [2.75, 3.05) is 14.1 Å². The second-order valence-corrected chi connectivity index (χ2v) is 3.69. The van der Waals surface area contributed by atoms with Crippen LogP contribution in [0.1, 0.15) is 0 Å². The maximum atomic E-state index is 13.4. The van der Waals surface area contributed by atoms with Gasteiger partial charge in [0, 0.05) is 26.2 Å². The van der Waals surface area contributed by atoms with Crippen LogP contribution >= 0.6 is 0 Å². The third-order valence-electron chi connectivity index (χ3n) is 2.01. The fourth-order valence-corrected chi connectivity index (χ4v) is 1.16. The highest BCUT2D eigenvalue weighted by Crippen LogP contribution is 2.32. The number of alkyl halides is 2. The molecule has 0 aliphatic heterocycles. The molecule has 0 saturated heterocycles. The zero-order chi connectivity index (χ0) is 14.8. The van der Waals surface area contributed by atoms with E-state index in [1.165, 1.54) is 0 Å². The molecule has 0 radical (unpaired) electrons. The Hall–Kier alpha value is -2.32. The highest BCUT2D eigenvalue weighted by Gasteiger charge is 2.45. The second-order valence-electron chi connectivity index (χ2n) is 3.69. The number of halogens is 3. The first-order valence-corrected chi connectivity index (χ1v) is 4.87. The molecular formula is C10H9F3N2O4. The number of benzene rings is 1. The first-order chi connectivity index (χ1) is 8.65. The number of carbonyl (C=O) groups excluding carboxylic acids is 1. The summed E-state index contributed by atoms with van der Waals surface area (Å²) < 4.78 is 43.6. The summed E-state index contributed by atoms with van der Waals surface area (Å²) in [5, 5.41) is 10.6. The van der Waals surface area contributed by atoms with Gasteiger partial charge < -0.3 is 9.64 Å². The average molecular weight is 278 g/mol. The largest absolute Gasteiger partial charge is 0.482 e. The molecule has 0 aliphatic carbocycles. The van der Waals surface area contributed by atoms with Gasteiger partial charge in [-0.25, -0.2) is 4.39 Å². The number of nitro groups is 1. The highest BCUT2D eigenvalue weighted by molar-refractivity contribution is 5.82. The van der Waals surface area contributed by atoms with Crippen LogP contribution in [-0.2, 0) is 4.79 Å². The van der Waals surface area contributed by atoms with Crippen LogP contribution in [0, 0.1) is 15.9 Å². The smallest absolute Gasteiger partial charge is 0.418 e. The van der Waals surface area contributed by atoms with Gasteiger partial charge in [-0.2, -0.15) is 8.78 Å². The van der Waals surface area contributed by atoms with Crippen molar-refractivity contribution in [1.29, 1.82) is 0 Å². The maximum Gasteiger partial charge on any atom is 0.482 e. The minimum Gasteiger partial charge on any atom is -0.418 e. The Balaban J connectivity index is 3.14. The lowest BCUT2D eigenvalue weighted by atomic mass is 10.3. The van der Waals surface area contributed by atoms with Gasteiger partial charge in [-0.1, -0.05) is 0 Å². The molecule has 1 amide bonds. The number of nitro benzene ring substituents is 1. The lowest BCUT2D eigenvalue weighted by Gasteiger charge is -2.20. The molecule has 0 N–H and O–H groups in total. The quantitative estimate of drug-likeness (QED) is 0.621. The molecule has 0 heterocycles. The van der Waals surface area contributed by atoms with Crippen LogP contribution in [0.3, 0.4) is 0 Å². The summed E-state index contributed by atoms with van der Waals surface area (Å²) in [6.07, 6.45) is -4.33. The van der Waals surface area contributed by atoms with Crippen molar-refractivity contribution in [1.82, 2.24) is 4.90 Å². The van der Waals surface area contributed by atoms with Crippen molar-refractivity contribution in [2.45, 2.75) is 6.11 Å². The van der Waals surface area contributed by atoms with Crippen molar-refractivity contribution in [2.24, 2.45) is 0 Å². The Bertz CT molecular complexity index is 519. The SMILES string of the molecule is CN(C)C(=O)C(F)(F)Oc1cc(F)ccc1[N+](=O)[O-]. The van der Waals surface area contributed by atoms with Gasteiger partial charge in [0.25, 0.3) is 0 Å². The third-order valence-corrected chi connectivity index (χ3v) is 2.01. The van der Waals surface area contributed by atoms with Crippen molar-refractivity contribution >= 4 is 11.6 Å². The molecule has 0 atom stereocenters. The van der Waals surface area contributed by atoms with Gasteiger partial charge in [-0.3, -0.25) is 14.9 Å². The lowest BCUT2D eigenvalue weighted by molar-refractivity contribution is -0.387. The van der Waals surface area contributed by atoms with Gasteiger partial charge in [0.1, 0.15) is 5.82 Å². The first-order valence-electron chi connectivity index (χ1n) is 4.87. The molecule has 0 spiro atoms. The Morgan fingerprint density at radius 2 is 2.00 bits per heavy atom. The topological polar surface area (TPSA) is 72.7 Å². The minimum absolute atomic E-state index is 0.412. The van der Waals surface area contributed by atoms with E-state index >= 15 is 0 Å². The average Bonchev–Trinajstić information content (AvgIpc) is 2.26. The molecule has 0 aliphatic rings. The van der Waals surface area contributed by atoms with Crippen molar-refractivity contribution in [3.05, 3.63) is 34.1 Å². The van der Waals surface area contributed by atoms with E-state index in [2.05, 4.69) is 4.74 Å². The van der Waals surface area contributed by atoms with E-state index in [0.717, 1.165) is 20.2 Å². The number of hydrogen-bond donors (Lipinski definition) is 0. The molecule has 1 rings (SSSR count). The van der Waals surface area contributed by atoms with Crippen LogP contribution in [0.15, 0.2) is 18.2 Å². The van der Waals surface area contributed by atoms with Crippen LogP contribution in [-0.4, -0.2) is 35.9 Å². The fraction of sp³-hybridized carbons (Fsp3) is 0.300. The molecule has 0 bridgehead atoms. The van der Waals surface area contributed by atoms with Crippen molar-refractivity contribution in [3.63, 3.8) is 0 Å². The molecular weight excluding hydrogens is 269 g/mol. The Morgan fingerprint density at radius 3 is 2.47 bits per heavy atom. The van der Waals surface area contributed by atoms with Gasteiger partial charge in [0.15, 0.2) is 0 Å². The van der Waals surface area contributed by atoms with Crippen LogP contribution in [0.5, 0.6) is 5.75 Å². The summed E-state index contributed by atoms with van der Waals surface area (Å²) in [6, 6.07) is 1.80. The number of ether oxygens (including phenoxy) is 1. The van der Waals surface area contributed by atoms with Gasteiger partial charge in [0.05, 0.1) is 4.92 Å². The first kappa shape index (κ1) is 14.7. The van der Waals surface area contributed by atoms with Crippen molar-refractivity contribution in [3.8, 4) is 5.75 Å². The van der Waals surface area contributed by atoms with Crippen LogP contribution < -0.4 is 4.74 Å². The molecule has 0 fully saturated rings. The van der Waals surface area contributed by atoms with Gasteiger partial charge in [0.2, 0.25) is 5.75 Å². The molecule has 19 heavy (non-hydrogen) atoms. The van der Waals surface area contributed by atoms with E-state index in [4.69, 9.17) is 0 Å². The highest BCUT2D eigenvalue weighted by atomic mass is 19.3. The Labute approximate surface area is 105 Å². The monoisotopic (exact) mass is 278 g/mol. The predicted octanol–water partition coefficient (Wildman–Crippen LogP) is 1.79. The number of nitrogens with zero attached hydrogens (tertiary/aromatic N) is 2. The molecule has 0 aromatic heterocycles. The lowest BCUT2D eigenvalue weighted by Crippen LogP contribution is -2.43. The van der Waals surface area contributed by atoms with Crippen LogP contribution in [0.4, 0.5) is 18.9 Å². The molecule has 6 nitrogen and oxygen atoms in total. The number of amides is 1. The van der Waals surface area contributed by atoms with E-state index in [-0.39, 0.29) is 0 Å². The molecule has 104 valence electrons. The minimum atomic E-state index is -4.33. The van der Waals surface area contributed by atoms with Crippen LogP contribution in [0.25, 0.3) is 0 Å². The summed E-state index contributed by atoms with van der Waals surface area (Å²) in [6.45, 7) is 0. The molecule has 0 saturated carbocycles. The fourth-order valence-electron chi connectivity index (χ4n) is 1.16. The zero-order valence-electron chi connectivity index (χ0n) is 9.89. The standard InChI is InChI=1S/C10H9F3N2O4/c1-14(2)9(16)10(12,13)19-8-5-6(11)3-4-7(8)15(17)18/h3-5H,1-2H3. The zero-order valence-corrected chi connectivity index (χ0v) is 9.89. The Kier molecular flexibility index (Phi) is 3.98. The third kappa shape index (κ3) is 3.33. The van der Waals surface area contributed by atoms with Gasteiger partial charge in [-0.05, 0) is 6.07 Å². The van der Waals surface area contributed by atoms with Gasteiger partial charge >= 0.3 is 17.7 Å². The number of hydrogen-bond acceptors (Lipinski definition) is 4. The molecule has 1 aromatic carbocycles. The van der Waals surface area contributed by atoms with E-state index in [1.54, 1.807) is 0 Å². The number of carbonyl (C=O) groups is 1. The van der Waals surface area contributed by atoms with Crippen molar-refractivity contribution < 1.29 is 27.6 Å². The second kappa shape index (κ2) is 5.12. The van der Waals surface area contributed by atoms with E-state index in [9.17, 15) is 28.1 Å². The maximum absolute atomic E-state index is 13.4. The molecule has 9 heteroatoms. The summed E-state index contributed by atoms with van der Waals surface area (Å²) in [5.74, 6) is -3.75. The van der Waals surface area contributed by atoms with E-state index in [0.29, 0.717) is 17.0 Å². The summed E-state index contributed by atoms with van der Waals surface area (Å²) >= 11 is 0. The van der Waals surface area contributed by atoms with Crippen LogP contribution in [0.2, 0.25) is 0 Å². The predicted molar refractivity (Wildman–Crippen MR) is 57.3 cm³/mol. The summed E-state index contributed by atoms with van der Waals surface area (Å²) in [7, 11) is 2.11. The molecule has 0 unspecified atom stereocenters. The summed E-state index contributed by atoms with van der Waals surface area (Å²) in [5.41, 5.74) is -0.868. The summed E-state index contributed by atoms with van der Waals surface area (Å²) in [4.78, 5) is 21.2. The normalized spacial score (nSPS) is 11.0. The van der Waals surface area contributed by atoms with E-state index < -0.39 is 34.2 Å². The Morgan fingerprint density at radius 1 is 1.42 bits per heavy atom. The molecule has 1 aromatic rings. The van der Waals surface area contributed by atoms with E-state index in [1.807, 2.05) is 0 Å². The number of likely N-dealkylation sites (N-methyl/N-ethyl adjacent to an activating group) is 1.